The van der Waals surface area contributed by atoms with Gasteiger partial charge in [0.15, 0.2) is 5.67 Å². The van der Waals surface area contributed by atoms with Crippen LogP contribution in [0, 0.1) is 13.8 Å². The number of nitrogens with one attached hydrogen (secondary N) is 1. The highest BCUT2D eigenvalue weighted by Gasteiger charge is 2.38. The van der Waals surface area contributed by atoms with Gasteiger partial charge in [0.2, 0.25) is 5.91 Å². The maximum atomic E-state index is 15.8. The molecule has 1 fully saturated rings. The first-order chi connectivity index (χ1) is 16.4. The molecule has 1 amide bonds. The van der Waals surface area contributed by atoms with E-state index in [1.165, 1.54) is 26.1 Å². The van der Waals surface area contributed by atoms with Crippen molar-refractivity contribution in [3.8, 4) is 0 Å². The number of benzene rings is 1. The zero-order valence-electron chi connectivity index (χ0n) is 20.0. The number of alkyl halides is 4. The minimum absolute atomic E-state index is 0.0900. The fourth-order valence-electron chi connectivity index (χ4n) is 4.65. The van der Waals surface area contributed by atoms with E-state index in [9.17, 15) is 18.0 Å². The molecule has 1 N–H and O–H groups in total. The minimum Gasteiger partial charge on any atom is -0.363 e. The van der Waals surface area contributed by atoms with Gasteiger partial charge in [-0.3, -0.25) is 9.78 Å². The normalized spacial score (nSPS) is 16.9. The molecule has 0 aliphatic carbocycles. The number of likely N-dealkylation sites (tertiary alicyclic amines) is 1. The van der Waals surface area contributed by atoms with Gasteiger partial charge in [-0.25, -0.2) is 14.4 Å². The van der Waals surface area contributed by atoms with Crippen molar-refractivity contribution in [2.75, 3.05) is 18.4 Å². The molecule has 3 heterocycles. The summed E-state index contributed by atoms with van der Waals surface area (Å²) < 4.78 is 56.1. The zero-order chi connectivity index (χ0) is 25.5. The summed E-state index contributed by atoms with van der Waals surface area (Å²) in [4.78, 5) is 26.4. The fraction of sp³-hybridized carbons (Fsp3) is 0.440. The smallest absolute Gasteiger partial charge is 0.363 e. The largest absolute Gasteiger partial charge is 0.416 e. The summed E-state index contributed by atoms with van der Waals surface area (Å²) in [6, 6.07) is 5.18. The molecule has 1 aliphatic rings. The summed E-state index contributed by atoms with van der Waals surface area (Å²) in [7, 11) is 0. The lowest BCUT2D eigenvalue weighted by molar-refractivity contribution is -0.138. The average Bonchev–Trinajstić information content (AvgIpc) is 2.78. The number of hydrogen-bond donors (Lipinski definition) is 1. The van der Waals surface area contributed by atoms with Crippen molar-refractivity contribution < 1.29 is 22.4 Å². The predicted molar refractivity (Wildman–Crippen MR) is 125 cm³/mol. The third-order valence-electron chi connectivity index (χ3n) is 6.66. The first-order valence-corrected chi connectivity index (χ1v) is 11.4. The number of fused-ring (bicyclic) bond motifs is 1. The van der Waals surface area contributed by atoms with E-state index in [2.05, 4.69) is 20.3 Å². The molecule has 186 valence electrons. The summed E-state index contributed by atoms with van der Waals surface area (Å²) in [5.41, 5.74) is -1.04. The first-order valence-electron chi connectivity index (χ1n) is 11.4. The monoisotopic (exact) mass is 489 g/mol. The highest BCUT2D eigenvalue weighted by molar-refractivity contribution is 5.89. The number of aryl methyl sites for hydroxylation is 1. The van der Waals surface area contributed by atoms with Crippen LogP contribution in [-0.2, 0) is 16.6 Å². The SMILES string of the molecule is CC(=O)N1CCC(F)(c2cc3c(N[C@H](C)c4cccc(C(F)(F)F)c4C)nc(C)nc3cn2)CC1. The van der Waals surface area contributed by atoms with Gasteiger partial charge in [-0.05, 0) is 44.0 Å². The van der Waals surface area contributed by atoms with Gasteiger partial charge < -0.3 is 10.2 Å². The Morgan fingerprint density at radius 1 is 1.17 bits per heavy atom. The Labute approximate surface area is 200 Å². The number of rotatable bonds is 4. The Morgan fingerprint density at radius 2 is 1.86 bits per heavy atom. The van der Waals surface area contributed by atoms with Crippen LogP contribution in [0.1, 0.15) is 60.9 Å². The predicted octanol–water partition coefficient (Wildman–Crippen LogP) is 5.64. The van der Waals surface area contributed by atoms with Gasteiger partial charge in [-0.1, -0.05) is 12.1 Å². The molecule has 0 unspecified atom stereocenters. The maximum Gasteiger partial charge on any atom is 0.416 e. The van der Waals surface area contributed by atoms with Gasteiger partial charge in [-0.15, -0.1) is 0 Å². The van der Waals surface area contributed by atoms with Gasteiger partial charge in [0.1, 0.15) is 11.6 Å². The number of nitrogens with zero attached hydrogens (tertiary/aromatic N) is 4. The molecule has 1 atom stereocenters. The van der Waals surface area contributed by atoms with E-state index in [4.69, 9.17) is 0 Å². The summed E-state index contributed by atoms with van der Waals surface area (Å²) in [5, 5.41) is 3.74. The lowest BCUT2D eigenvalue weighted by Crippen LogP contribution is -2.42. The maximum absolute atomic E-state index is 15.8. The van der Waals surface area contributed by atoms with E-state index in [-0.39, 0.29) is 30.0 Å². The van der Waals surface area contributed by atoms with E-state index < -0.39 is 23.5 Å². The Bertz CT molecular complexity index is 1270. The van der Waals surface area contributed by atoms with Crippen molar-refractivity contribution in [3.05, 3.63) is 58.7 Å². The molecular weight excluding hydrogens is 462 g/mol. The van der Waals surface area contributed by atoms with Crippen LogP contribution in [0.3, 0.4) is 0 Å². The van der Waals surface area contributed by atoms with Crippen LogP contribution in [0.15, 0.2) is 30.5 Å². The number of aromatic nitrogens is 3. The van der Waals surface area contributed by atoms with Gasteiger partial charge in [0.25, 0.3) is 0 Å². The van der Waals surface area contributed by atoms with Crippen molar-refractivity contribution in [1.82, 2.24) is 19.9 Å². The highest BCUT2D eigenvalue weighted by atomic mass is 19.4. The topological polar surface area (TPSA) is 71.0 Å². The number of amides is 1. The van der Waals surface area contributed by atoms with Gasteiger partial charge in [0.05, 0.1) is 29.0 Å². The molecule has 6 nitrogen and oxygen atoms in total. The van der Waals surface area contributed by atoms with E-state index in [1.807, 2.05) is 0 Å². The Hall–Kier alpha value is -3.30. The third kappa shape index (κ3) is 4.92. The van der Waals surface area contributed by atoms with Crippen molar-refractivity contribution in [1.29, 1.82) is 0 Å². The Kier molecular flexibility index (Phi) is 6.42. The van der Waals surface area contributed by atoms with Crippen molar-refractivity contribution in [3.63, 3.8) is 0 Å². The molecule has 1 saturated heterocycles. The zero-order valence-corrected chi connectivity index (χ0v) is 20.0. The first kappa shape index (κ1) is 24.8. The van der Waals surface area contributed by atoms with E-state index >= 15 is 4.39 Å². The van der Waals surface area contributed by atoms with Crippen LogP contribution >= 0.6 is 0 Å². The molecule has 0 bridgehead atoms. The van der Waals surface area contributed by atoms with Gasteiger partial charge >= 0.3 is 6.18 Å². The second-order valence-electron chi connectivity index (χ2n) is 9.06. The van der Waals surface area contributed by atoms with Crippen molar-refractivity contribution >= 4 is 22.6 Å². The lowest BCUT2D eigenvalue weighted by Gasteiger charge is -2.35. The van der Waals surface area contributed by atoms with Crippen molar-refractivity contribution in [2.45, 2.75) is 58.4 Å². The van der Waals surface area contributed by atoms with Crippen LogP contribution in [0.4, 0.5) is 23.4 Å². The Balaban J connectivity index is 1.69. The minimum atomic E-state index is -4.45. The molecular formula is C25H27F4N5O. The van der Waals surface area contributed by atoms with Crippen molar-refractivity contribution in [2.24, 2.45) is 0 Å². The van der Waals surface area contributed by atoms with Crippen LogP contribution in [0.2, 0.25) is 0 Å². The second kappa shape index (κ2) is 9.05. The fourth-order valence-corrected chi connectivity index (χ4v) is 4.65. The molecule has 0 saturated carbocycles. The van der Waals surface area contributed by atoms with Gasteiger partial charge in [-0.2, -0.15) is 13.2 Å². The van der Waals surface area contributed by atoms with Crippen LogP contribution in [0.25, 0.3) is 10.9 Å². The van der Waals surface area contributed by atoms with Crippen LogP contribution in [-0.4, -0.2) is 38.8 Å². The summed E-state index contributed by atoms with van der Waals surface area (Å²) in [6.07, 6.45) is -2.71. The van der Waals surface area contributed by atoms with E-state index in [1.54, 1.807) is 30.9 Å². The summed E-state index contributed by atoms with van der Waals surface area (Å²) >= 11 is 0. The summed E-state index contributed by atoms with van der Waals surface area (Å²) in [6.45, 7) is 6.96. The quantitative estimate of drug-likeness (QED) is 0.480. The third-order valence-corrected chi connectivity index (χ3v) is 6.66. The number of halogens is 4. The molecule has 3 aromatic rings. The molecule has 1 aliphatic heterocycles. The number of pyridine rings is 1. The van der Waals surface area contributed by atoms with Crippen LogP contribution < -0.4 is 5.32 Å². The molecule has 0 spiro atoms. The van der Waals surface area contributed by atoms with E-state index in [0.717, 1.165) is 6.07 Å². The Morgan fingerprint density at radius 3 is 2.49 bits per heavy atom. The standard InChI is InChI=1S/C25H27F4N5O/c1-14-18(6-5-7-20(14)25(27,28)29)15(2)31-23-19-12-22(30-13-21(19)32-16(3)33-23)24(26)8-10-34(11-9-24)17(4)35/h5-7,12-13,15H,8-11H2,1-4H3,(H,31,32,33)/t15-/m1/s1. The number of carbonyl (C=O) groups is 1. The number of carbonyl (C=O) groups excluding carboxylic acids is 1. The van der Waals surface area contributed by atoms with E-state index in [0.29, 0.717) is 41.2 Å². The molecule has 1 aromatic carbocycles. The highest BCUT2D eigenvalue weighted by Crippen LogP contribution is 2.39. The summed E-state index contributed by atoms with van der Waals surface area (Å²) in [5.74, 6) is 0.755. The molecule has 35 heavy (non-hydrogen) atoms. The molecule has 10 heteroatoms. The lowest BCUT2D eigenvalue weighted by atomic mass is 9.89. The van der Waals surface area contributed by atoms with Crippen LogP contribution in [0.5, 0.6) is 0 Å². The molecule has 0 radical (unpaired) electrons. The molecule has 2 aromatic heterocycles. The molecule has 4 rings (SSSR count). The average molecular weight is 490 g/mol. The van der Waals surface area contributed by atoms with Gasteiger partial charge in [0, 0.05) is 38.2 Å². The second-order valence-corrected chi connectivity index (χ2v) is 9.06. The number of anilines is 1. The number of hydrogen-bond acceptors (Lipinski definition) is 5. The number of piperidine rings is 1.